The summed E-state index contributed by atoms with van der Waals surface area (Å²) < 4.78 is 4.99. The van der Waals surface area contributed by atoms with Crippen LogP contribution >= 0.6 is 0 Å². The van der Waals surface area contributed by atoms with Crippen molar-refractivity contribution < 1.29 is 9.53 Å². The van der Waals surface area contributed by atoms with Gasteiger partial charge in [-0.15, -0.1) is 0 Å². The fourth-order valence-corrected chi connectivity index (χ4v) is 1.64. The van der Waals surface area contributed by atoms with Crippen molar-refractivity contribution in [2.75, 3.05) is 13.2 Å². The van der Waals surface area contributed by atoms with E-state index in [1.807, 2.05) is 24.3 Å². The molecule has 1 aliphatic rings. The summed E-state index contributed by atoms with van der Waals surface area (Å²) in [6.45, 7) is 1.15. The number of hydrogen-bond donors (Lipinski definition) is 1. The number of nitrogens with zero attached hydrogens (tertiary/aromatic N) is 2. The van der Waals surface area contributed by atoms with Crippen LogP contribution in [0, 0.1) is 0 Å². The van der Waals surface area contributed by atoms with Gasteiger partial charge in [-0.2, -0.15) is 0 Å². The Labute approximate surface area is 97.8 Å². The number of carbonyl (C=O) groups is 1. The molecule has 0 radical (unpaired) electrons. The summed E-state index contributed by atoms with van der Waals surface area (Å²) in [7, 11) is 0. The maximum absolute atomic E-state index is 11.8. The molecule has 5 heteroatoms. The molecule has 1 amide bonds. The van der Waals surface area contributed by atoms with E-state index in [4.69, 9.17) is 4.74 Å². The van der Waals surface area contributed by atoms with Crippen molar-refractivity contribution in [2.45, 2.75) is 6.04 Å². The van der Waals surface area contributed by atoms with Crippen LogP contribution in [-0.2, 0) is 4.74 Å². The molecule has 1 saturated heterocycles. The Bertz CT molecular complexity index is 566. The third-order valence-electron chi connectivity index (χ3n) is 2.65. The monoisotopic (exact) mass is 229 g/mol. The lowest BCUT2D eigenvalue weighted by atomic mass is 10.2. The summed E-state index contributed by atoms with van der Waals surface area (Å²) in [6.07, 6.45) is 1.50. The van der Waals surface area contributed by atoms with E-state index >= 15 is 0 Å². The van der Waals surface area contributed by atoms with Crippen LogP contribution in [0.1, 0.15) is 10.5 Å². The van der Waals surface area contributed by atoms with E-state index in [2.05, 4.69) is 15.3 Å². The lowest BCUT2D eigenvalue weighted by Gasteiger charge is -2.26. The third-order valence-corrected chi connectivity index (χ3v) is 2.65. The summed E-state index contributed by atoms with van der Waals surface area (Å²) in [5.74, 6) is -0.198. The first kappa shape index (κ1) is 10.2. The second kappa shape index (κ2) is 4.10. The smallest absolute Gasteiger partial charge is 0.271 e. The minimum Gasteiger partial charge on any atom is -0.377 e. The van der Waals surface area contributed by atoms with E-state index in [1.54, 1.807) is 0 Å². The third kappa shape index (κ3) is 1.97. The van der Waals surface area contributed by atoms with Gasteiger partial charge in [0.1, 0.15) is 5.69 Å². The van der Waals surface area contributed by atoms with Crippen LogP contribution in [0.4, 0.5) is 0 Å². The molecule has 2 aromatic rings. The van der Waals surface area contributed by atoms with Gasteiger partial charge in [0.15, 0.2) is 0 Å². The molecule has 0 spiro atoms. The molecule has 0 aliphatic carbocycles. The quantitative estimate of drug-likeness (QED) is 0.825. The zero-order valence-corrected chi connectivity index (χ0v) is 9.09. The van der Waals surface area contributed by atoms with Gasteiger partial charge in [0.2, 0.25) is 0 Å². The Kier molecular flexibility index (Phi) is 2.45. The van der Waals surface area contributed by atoms with E-state index in [9.17, 15) is 4.79 Å². The number of nitrogens with one attached hydrogen (secondary N) is 1. The minimum absolute atomic E-state index is 0.107. The number of benzene rings is 1. The fourth-order valence-electron chi connectivity index (χ4n) is 1.64. The minimum atomic E-state index is -0.198. The van der Waals surface area contributed by atoms with Crippen LogP contribution in [0.5, 0.6) is 0 Å². The van der Waals surface area contributed by atoms with Gasteiger partial charge < -0.3 is 10.1 Å². The second-order valence-electron chi connectivity index (χ2n) is 3.95. The molecule has 1 aliphatic heterocycles. The molecule has 0 atom stereocenters. The zero-order valence-electron chi connectivity index (χ0n) is 9.09. The van der Waals surface area contributed by atoms with E-state index in [1.165, 1.54) is 6.20 Å². The molecule has 0 bridgehead atoms. The van der Waals surface area contributed by atoms with Gasteiger partial charge in [0.05, 0.1) is 36.5 Å². The number of carbonyl (C=O) groups excluding carboxylic acids is 1. The van der Waals surface area contributed by atoms with Crippen molar-refractivity contribution in [1.82, 2.24) is 15.3 Å². The highest BCUT2D eigenvalue weighted by atomic mass is 16.5. The Morgan fingerprint density at radius 3 is 2.76 bits per heavy atom. The van der Waals surface area contributed by atoms with Gasteiger partial charge in [-0.05, 0) is 12.1 Å². The summed E-state index contributed by atoms with van der Waals surface area (Å²) in [5, 5.41) is 2.83. The zero-order chi connectivity index (χ0) is 11.7. The van der Waals surface area contributed by atoms with E-state index in [0.717, 1.165) is 11.0 Å². The normalized spacial score (nSPS) is 15.5. The summed E-state index contributed by atoms with van der Waals surface area (Å²) >= 11 is 0. The molecule has 86 valence electrons. The summed E-state index contributed by atoms with van der Waals surface area (Å²) in [4.78, 5) is 20.3. The van der Waals surface area contributed by atoms with Gasteiger partial charge in [-0.3, -0.25) is 9.78 Å². The predicted molar refractivity (Wildman–Crippen MR) is 61.6 cm³/mol. The van der Waals surface area contributed by atoms with Crippen molar-refractivity contribution in [3.05, 3.63) is 36.2 Å². The van der Waals surface area contributed by atoms with Crippen molar-refractivity contribution in [1.29, 1.82) is 0 Å². The van der Waals surface area contributed by atoms with E-state index in [0.29, 0.717) is 18.9 Å². The number of para-hydroxylation sites is 2. The predicted octanol–water partition coefficient (Wildman–Crippen LogP) is 0.758. The molecule has 0 unspecified atom stereocenters. The largest absolute Gasteiger partial charge is 0.377 e. The lowest BCUT2D eigenvalue weighted by molar-refractivity contribution is -0.00354. The van der Waals surface area contributed by atoms with Crippen LogP contribution in [0.3, 0.4) is 0 Å². The number of amides is 1. The van der Waals surface area contributed by atoms with E-state index < -0.39 is 0 Å². The standard InChI is InChI=1S/C12H11N3O2/c16-12(14-8-6-17-7-8)11-5-13-9-3-1-2-4-10(9)15-11/h1-5,8H,6-7H2,(H,14,16). The molecule has 0 saturated carbocycles. The van der Waals surface area contributed by atoms with Crippen molar-refractivity contribution >= 4 is 16.9 Å². The van der Waals surface area contributed by atoms with Crippen LogP contribution in [0.15, 0.2) is 30.5 Å². The molecule has 2 heterocycles. The summed E-state index contributed by atoms with van der Waals surface area (Å²) in [6, 6.07) is 7.58. The molecule has 1 aromatic heterocycles. The summed E-state index contributed by atoms with van der Waals surface area (Å²) in [5.41, 5.74) is 1.86. The van der Waals surface area contributed by atoms with E-state index in [-0.39, 0.29) is 11.9 Å². The molecule has 17 heavy (non-hydrogen) atoms. The average molecular weight is 229 g/mol. The van der Waals surface area contributed by atoms with Crippen LogP contribution in [0.25, 0.3) is 11.0 Å². The van der Waals surface area contributed by atoms with Gasteiger partial charge >= 0.3 is 0 Å². The molecule has 3 rings (SSSR count). The fraction of sp³-hybridized carbons (Fsp3) is 0.250. The molecule has 1 N–H and O–H groups in total. The lowest BCUT2D eigenvalue weighted by Crippen LogP contribution is -2.48. The number of ether oxygens (including phenoxy) is 1. The highest BCUT2D eigenvalue weighted by Gasteiger charge is 2.21. The van der Waals surface area contributed by atoms with Crippen LogP contribution < -0.4 is 5.32 Å². The molecule has 1 aromatic carbocycles. The van der Waals surface area contributed by atoms with Gasteiger partial charge in [-0.1, -0.05) is 12.1 Å². The molecule has 5 nitrogen and oxygen atoms in total. The molecular weight excluding hydrogens is 218 g/mol. The Morgan fingerprint density at radius 1 is 1.29 bits per heavy atom. The Hall–Kier alpha value is -2.01. The van der Waals surface area contributed by atoms with Crippen LogP contribution in [0.2, 0.25) is 0 Å². The van der Waals surface area contributed by atoms with Crippen molar-refractivity contribution in [2.24, 2.45) is 0 Å². The number of rotatable bonds is 2. The average Bonchev–Trinajstić information content (AvgIpc) is 2.33. The Balaban J connectivity index is 1.86. The number of aromatic nitrogens is 2. The van der Waals surface area contributed by atoms with Gasteiger partial charge in [-0.25, -0.2) is 4.98 Å². The molecule has 1 fully saturated rings. The second-order valence-corrected chi connectivity index (χ2v) is 3.95. The highest BCUT2D eigenvalue weighted by Crippen LogP contribution is 2.09. The molecular formula is C12H11N3O2. The number of hydrogen-bond acceptors (Lipinski definition) is 4. The van der Waals surface area contributed by atoms with Crippen molar-refractivity contribution in [3.8, 4) is 0 Å². The Morgan fingerprint density at radius 2 is 2.06 bits per heavy atom. The first-order valence-electron chi connectivity index (χ1n) is 5.43. The topological polar surface area (TPSA) is 64.1 Å². The first-order valence-corrected chi connectivity index (χ1v) is 5.43. The van der Waals surface area contributed by atoms with Gasteiger partial charge in [0.25, 0.3) is 5.91 Å². The van der Waals surface area contributed by atoms with Crippen molar-refractivity contribution in [3.63, 3.8) is 0 Å². The van der Waals surface area contributed by atoms with Gasteiger partial charge in [0, 0.05) is 0 Å². The highest BCUT2D eigenvalue weighted by molar-refractivity contribution is 5.93. The number of fused-ring (bicyclic) bond motifs is 1. The maximum Gasteiger partial charge on any atom is 0.271 e. The maximum atomic E-state index is 11.8. The van der Waals surface area contributed by atoms with Crippen LogP contribution in [-0.4, -0.2) is 35.1 Å². The SMILES string of the molecule is O=C(NC1COC1)c1cnc2ccccc2n1. The first-order chi connectivity index (χ1) is 8.33.